The molecular weight excluding hydrogens is 208 g/mol. The van der Waals surface area contributed by atoms with Crippen LogP contribution in [0.5, 0.6) is 0 Å². The predicted octanol–water partition coefficient (Wildman–Crippen LogP) is 0.332. The molecule has 2 fully saturated rings. The van der Waals surface area contributed by atoms with Crippen molar-refractivity contribution < 1.29 is 14.6 Å². The number of aliphatic hydroxyl groups excluding tert-OH is 1. The maximum Gasteiger partial charge on any atom is 0.318 e. The van der Waals surface area contributed by atoms with Crippen molar-refractivity contribution >= 4 is 6.03 Å². The molecule has 92 valence electrons. The maximum absolute atomic E-state index is 12.0. The van der Waals surface area contributed by atoms with Crippen LogP contribution < -0.4 is 5.32 Å². The molecule has 16 heavy (non-hydrogen) atoms. The Morgan fingerprint density at radius 2 is 2.19 bits per heavy atom. The van der Waals surface area contributed by atoms with E-state index in [4.69, 9.17) is 9.84 Å². The largest absolute Gasteiger partial charge is 0.394 e. The Kier molecular flexibility index (Phi) is 4.01. The van der Waals surface area contributed by atoms with Crippen LogP contribution in [-0.4, -0.2) is 54.5 Å². The lowest BCUT2D eigenvalue weighted by atomic mass is 10.2. The van der Waals surface area contributed by atoms with Crippen LogP contribution in [0.3, 0.4) is 0 Å². The summed E-state index contributed by atoms with van der Waals surface area (Å²) in [6, 6.07) is 0.0964. The highest BCUT2D eigenvalue weighted by Crippen LogP contribution is 2.18. The van der Waals surface area contributed by atoms with Crippen LogP contribution in [0.2, 0.25) is 0 Å². The molecule has 1 unspecified atom stereocenters. The number of aliphatic hydroxyl groups is 1. The molecule has 2 N–H and O–H groups in total. The summed E-state index contributed by atoms with van der Waals surface area (Å²) in [5.74, 6) is 0. The number of hydrogen-bond donors (Lipinski definition) is 2. The van der Waals surface area contributed by atoms with E-state index in [0.29, 0.717) is 25.8 Å². The first-order valence-corrected chi connectivity index (χ1v) is 6.07. The number of ether oxygens (including phenoxy) is 1. The van der Waals surface area contributed by atoms with Crippen molar-refractivity contribution in [3.63, 3.8) is 0 Å². The smallest absolute Gasteiger partial charge is 0.318 e. The normalized spacial score (nSPS) is 27.1. The Morgan fingerprint density at radius 1 is 1.44 bits per heavy atom. The molecule has 0 aromatic rings. The number of morpholine rings is 1. The van der Waals surface area contributed by atoms with Gasteiger partial charge in [-0.15, -0.1) is 0 Å². The molecule has 2 amide bonds. The van der Waals surface area contributed by atoms with Crippen LogP contribution in [0.4, 0.5) is 4.79 Å². The maximum atomic E-state index is 12.0. The van der Waals surface area contributed by atoms with Crippen LogP contribution in [0.1, 0.15) is 25.7 Å². The van der Waals surface area contributed by atoms with Crippen molar-refractivity contribution in [3.8, 4) is 0 Å². The van der Waals surface area contributed by atoms with Gasteiger partial charge in [0.2, 0.25) is 0 Å². The van der Waals surface area contributed by atoms with Gasteiger partial charge in [0.15, 0.2) is 0 Å². The van der Waals surface area contributed by atoms with Crippen molar-refractivity contribution in [1.29, 1.82) is 0 Å². The second-order valence-corrected chi connectivity index (χ2v) is 4.54. The van der Waals surface area contributed by atoms with Crippen molar-refractivity contribution in [1.82, 2.24) is 10.2 Å². The fourth-order valence-electron chi connectivity index (χ4n) is 2.40. The lowest BCUT2D eigenvalue weighted by Gasteiger charge is -2.35. The summed E-state index contributed by atoms with van der Waals surface area (Å²) in [6.45, 7) is 1.55. The Labute approximate surface area is 95.8 Å². The molecule has 1 saturated heterocycles. The Hall–Kier alpha value is -0.810. The molecule has 2 rings (SSSR count). The molecule has 1 heterocycles. The molecule has 2 aliphatic rings. The summed E-state index contributed by atoms with van der Waals surface area (Å²) in [6.07, 6.45) is 4.58. The highest BCUT2D eigenvalue weighted by molar-refractivity contribution is 5.75. The highest BCUT2D eigenvalue weighted by atomic mass is 16.5. The van der Waals surface area contributed by atoms with E-state index in [0.717, 1.165) is 12.8 Å². The van der Waals surface area contributed by atoms with E-state index >= 15 is 0 Å². The Balaban J connectivity index is 1.86. The van der Waals surface area contributed by atoms with Gasteiger partial charge in [0, 0.05) is 12.6 Å². The van der Waals surface area contributed by atoms with E-state index in [1.807, 2.05) is 0 Å². The number of nitrogens with zero attached hydrogens (tertiary/aromatic N) is 1. The number of carbonyl (C=O) groups excluding carboxylic acids is 1. The zero-order valence-electron chi connectivity index (χ0n) is 9.52. The summed E-state index contributed by atoms with van der Waals surface area (Å²) in [5, 5.41) is 12.2. The van der Waals surface area contributed by atoms with Gasteiger partial charge in [0.1, 0.15) is 0 Å². The summed E-state index contributed by atoms with van der Waals surface area (Å²) >= 11 is 0. The molecule has 1 atom stereocenters. The number of amides is 2. The number of carbonyl (C=O) groups is 1. The van der Waals surface area contributed by atoms with E-state index < -0.39 is 0 Å². The quantitative estimate of drug-likeness (QED) is 0.716. The van der Waals surface area contributed by atoms with Gasteiger partial charge in [-0.25, -0.2) is 4.79 Å². The van der Waals surface area contributed by atoms with Crippen LogP contribution in [-0.2, 0) is 4.74 Å². The monoisotopic (exact) mass is 228 g/mol. The van der Waals surface area contributed by atoms with Crippen molar-refractivity contribution in [2.45, 2.75) is 37.8 Å². The summed E-state index contributed by atoms with van der Waals surface area (Å²) < 4.78 is 5.24. The fourth-order valence-corrected chi connectivity index (χ4v) is 2.40. The van der Waals surface area contributed by atoms with E-state index in [1.165, 1.54) is 12.8 Å². The predicted molar refractivity (Wildman–Crippen MR) is 59.2 cm³/mol. The van der Waals surface area contributed by atoms with Gasteiger partial charge in [-0.1, -0.05) is 12.8 Å². The molecule has 0 bridgehead atoms. The van der Waals surface area contributed by atoms with Gasteiger partial charge in [-0.3, -0.25) is 0 Å². The second-order valence-electron chi connectivity index (χ2n) is 4.54. The average Bonchev–Trinajstić information content (AvgIpc) is 2.81. The Morgan fingerprint density at radius 3 is 2.88 bits per heavy atom. The van der Waals surface area contributed by atoms with Crippen LogP contribution in [0.15, 0.2) is 0 Å². The first kappa shape index (κ1) is 11.7. The zero-order valence-corrected chi connectivity index (χ0v) is 9.52. The average molecular weight is 228 g/mol. The minimum absolute atomic E-state index is 0.0297. The molecule has 0 spiro atoms. The van der Waals surface area contributed by atoms with Crippen LogP contribution in [0.25, 0.3) is 0 Å². The van der Waals surface area contributed by atoms with Crippen molar-refractivity contribution in [2.75, 3.05) is 26.4 Å². The molecular formula is C11H20N2O3. The van der Waals surface area contributed by atoms with E-state index in [9.17, 15) is 4.79 Å². The van der Waals surface area contributed by atoms with Gasteiger partial charge in [-0.2, -0.15) is 0 Å². The van der Waals surface area contributed by atoms with Crippen molar-refractivity contribution in [2.24, 2.45) is 0 Å². The number of urea groups is 1. The zero-order chi connectivity index (χ0) is 11.4. The molecule has 0 aromatic heterocycles. The highest BCUT2D eigenvalue weighted by Gasteiger charge is 2.28. The molecule has 1 saturated carbocycles. The standard InChI is InChI=1S/C11H20N2O3/c14-7-10-8-16-6-5-13(10)11(15)12-9-3-1-2-4-9/h9-10,14H,1-8H2,(H,12,15). The topological polar surface area (TPSA) is 61.8 Å². The number of hydrogen-bond acceptors (Lipinski definition) is 3. The van der Waals surface area contributed by atoms with Gasteiger partial charge < -0.3 is 20.1 Å². The van der Waals surface area contributed by atoms with Gasteiger partial charge in [0.25, 0.3) is 0 Å². The van der Waals surface area contributed by atoms with E-state index in [1.54, 1.807) is 4.90 Å². The van der Waals surface area contributed by atoms with E-state index in [-0.39, 0.29) is 18.7 Å². The SMILES string of the molecule is O=C(NC1CCCC1)N1CCOCC1CO. The van der Waals surface area contributed by atoms with Crippen LogP contribution in [0, 0.1) is 0 Å². The van der Waals surface area contributed by atoms with Gasteiger partial charge in [-0.05, 0) is 12.8 Å². The summed E-state index contributed by atoms with van der Waals surface area (Å²) in [5.41, 5.74) is 0. The summed E-state index contributed by atoms with van der Waals surface area (Å²) in [7, 11) is 0. The molecule has 5 heteroatoms. The number of rotatable bonds is 2. The van der Waals surface area contributed by atoms with Gasteiger partial charge in [0.05, 0.1) is 25.9 Å². The Bertz CT molecular complexity index is 241. The summed E-state index contributed by atoms with van der Waals surface area (Å²) in [4.78, 5) is 13.7. The minimum atomic E-state index is -0.185. The van der Waals surface area contributed by atoms with Gasteiger partial charge >= 0.3 is 6.03 Å². The third-order valence-electron chi connectivity index (χ3n) is 3.38. The fraction of sp³-hybridized carbons (Fsp3) is 0.909. The first-order valence-electron chi connectivity index (χ1n) is 6.07. The molecule has 5 nitrogen and oxygen atoms in total. The number of nitrogens with one attached hydrogen (secondary N) is 1. The third kappa shape index (κ3) is 2.65. The van der Waals surface area contributed by atoms with E-state index in [2.05, 4.69) is 5.32 Å². The second kappa shape index (κ2) is 5.50. The molecule has 0 aromatic carbocycles. The molecule has 0 radical (unpaired) electrons. The molecule has 1 aliphatic heterocycles. The molecule has 1 aliphatic carbocycles. The first-order chi connectivity index (χ1) is 7.81. The lowest BCUT2D eigenvalue weighted by Crippen LogP contribution is -2.55. The van der Waals surface area contributed by atoms with Crippen molar-refractivity contribution in [3.05, 3.63) is 0 Å². The van der Waals surface area contributed by atoms with Crippen LogP contribution >= 0.6 is 0 Å². The minimum Gasteiger partial charge on any atom is -0.394 e. The lowest BCUT2D eigenvalue weighted by molar-refractivity contribution is -0.00807. The third-order valence-corrected chi connectivity index (χ3v) is 3.38.